The average Bonchev–Trinajstić information content (AvgIpc) is 3.14. The molecule has 0 spiro atoms. The number of nitrogens with zero attached hydrogens (tertiary/aromatic N) is 4. The van der Waals surface area contributed by atoms with E-state index in [1.165, 1.54) is 24.8 Å². The number of rotatable bonds is 6. The SMILES string of the molecule is Brc1cccc(-c2cncnc2)c1.C#Cc1ccc(OC(F)F)c(C)c1.Cc1cc(C#Cc2cccc(-c3cncnc3)c2)ccc1OC(F)F. The molecule has 0 amide bonds. The predicted molar refractivity (Wildman–Crippen MR) is 192 cm³/mol. The van der Waals surface area contributed by atoms with Crippen molar-refractivity contribution in [2.75, 3.05) is 0 Å². The lowest BCUT2D eigenvalue weighted by Gasteiger charge is -2.07. The average molecular weight is 754 g/mol. The van der Waals surface area contributed by atoms with E-state index in [1.807, 2.05) is 48.5 Å². The van der Waals surface area contributed by atoms with E-state index >= 15 is 0 Å². The Balaban J connectivity index is 0.000000189. The largest absolute Gasteiger partial charge is 0.435 e. The molecule has 0 saturated heterocycles. The van der Waals surface area contributed by atoms with Crippen molar-refractivity contribution in [1.82, 2.24) is 19.9 Å². The maximum Gasteiger partial charge on any atom is 0.387 e. The standard InChI is InChI=1S/C20H14F2N2O.C10H7BrN2.C10H8F2O/c1-14-9-16(7-8-19(14)25-20(21)22)6-5-15-3-2-4-17(10-15)18-11-23-13-24-12-18;11-10-3-1-2-8(4-10)9-5-12-7-13-6-9;1-3-8-4-5-9(7(2)6-8)13-10(11)12/h2-4,7-13,20H,1H3;1-7H;1,4-6,10H,2H3. The van der Waals surface area contributed by atoms with Crippen molar-refractivity contribution < 1.29 is 27.0 Å². The Morgan fingerprint density at radius 2 is 1.02 bits per heavy atom. The van der Waals surface area contributed by atoms with Gasteiger partial charge < -0.3 is 9.47 Å². The van der Waals surface area contributed by atoms with Crippen LogP contribution in [0.15, 0.2) is 127 Å². The van der Waals surface area contributed by atoms with Crippen molar-refractivity contribution >= 4 is 15.9 Å². The van der Waals surface area contributed by atoms with Gasteiger partial charge in [0.2, 0.25) is 0 Å². The van der Waals surface area contributed by atoms with Gasteiger partial charge in [-0.25, -0.2) is 19.9 Å². The molecule has 0 unspecified atom stereocenters. The third kappa shape index (κ3) is 12.4. The quantitative estimate of drug-likeness (QED) is 0.125. The summed E-state index contributed by atoms with van der Waals surface area (Å²) in [6.45, 7) is -2.26. The summed E-state index contributed by atoms with van der Waals surface area (Å²) < 4.78 is 58.0. The second-order valence-corrected chi connectivity index (χ2v) is 11.4. The van der Waals surface area contributed by atoms with Crippen molar-refractivity contribution in [3.63, 3.8) is 0 Å². The summed E-state index contributed by atoms with van der Waals surface area (Å²) in [4.78, 5) is 15.9. The van der Waals surface area contributed by atoms with Crippen LogP contribution in [0.1, 0.15) is 27.8 Å². The molecule has 6 aromatic rings. The molecule has 51 heavy (non-hydrogen) atoms. The van der Waals surface area contributed by atoms with Crippen molar-refractivity contribution in [3.8, 4) is 57.9 Å². The van der Waals surface area contributed by atoms with Gasteiger partial charge in [-0.1, -0.05) is 58.0 Å². The number of aryl methyl sites for hydroxylation is 2. The summed E-state index contributed by atoms with van der Waals surface area (Å²) >= 11 is 3.42. The molecule has 0 fully saturated rings. The molecule has 0 aliphatic heterocycles. The zero-order chi connectivity index (χ0) is 36.6. The molecule has 0 bridgehead atoms. The fourth-order valence-corrected chi connectivity index (χ4v) is 4.81. The van der Waals surface area contributed by atoms with Crippen LogP contribution in [0.2, 0.25) is 0 Å². The molecule has 6 rings (SSSR count). The van der Waals surface area contributed by atoms with E-state index < -0.39 is 13.2 Å². The Bertz CT molecular complexity index is 2130. The van der Waals surface area contributed by atoms with Crippen molar-refractivity contribution in [3.05, 3.63) is 155 Å². The van der Waals surface area contributed by atoms with E-state index in [0.717, 1.165) is 37.9 Å². The van der Waals surface area contributed by atoms with Crippen molar-refractivity contribution in [1.29, 1.82) is 0 Å². The fourth-order valence-electron chi connectivity index (χ4n) is 4.41. The van der Waals surface area contributed by atoms with Crippen molar-refractivity contribution in [2.24, 2.45) is 0 Å². The van der Waals surface area contributed by atoms with E-state index in [-0.39, 0.29) is 11.5 Å². The van der Waals surface area contributed by atoms with E-state index in [0.29, 0.717) is 16.7 Å². The Morgan fingerprint density at radius 3 is 1.49 bits per heavy atom. The maximum absolute atomic E-state index is 12.3. The van der Waals surface area contributed by atoms with Crippen LogP contribution in [0.25, 0.3) is 22.3 Å². The topological polar surface area (TPSA) is 70.0 Å². The minimum Gasteiger partial charge on any atom is -0.435 e. The minimum absolute atomic E-state index is 0.159. The lowest BCUT2D eigenvalue weighted by Crippen LogP contribution is -2.03. The second-order valence-electron chi connectivity index (χ2n) is 10.5. The number of benzene rings is 4. The molecule has 0 N–H and O–H groups in total. The third-order valence-corrected chi connectivity index (χ3v) is 7.27. The van der Waals surface area contributed by atoms with Gasteiger partial charge in [-0.2, -0.15) is 17.6 Å². The molecule has 0 aliphatic carbocycles. The highest BCUT2D eigenvalue weighted by atomic mass is 79.9. The van der Waals surface area contributed by atoms with Crippen LogP contribution in [0.5, 0.6) is 11.5 Å². The highest BCUT2D eigenvalue weighted by Crippen LogP contribution is 2.23. The lowest BCUT2D eigenvalue weighted by molar-refractivity contribution is -0.0509. The van der Waals surface area contributed by atoms with Crippen LogP contribution >= 0.6 is 15.9 Å². The molecule has 0 saturated carbocycles. The second kappa shape index (κ2) is 19.2. The number of hydrogen-bond acceptors (Lipinski definition) is 6. The van der Waals surface area contributed by atoms with Gasteiger partial charge >= 0.3 is 13.2 Å². The summed E-state index contributed by atoms with van der Waals surface area (Å²) in [5.41, 5.74) is 7.48. The molecule has 2 heterocycles. The van der Waals surface area contributed by atoms with Gasteiger partial charge in [-0.15, -0.1) is 6.42 Å². The van der Waals surface area contributed by atoms with E-state index in [9.17, 15) is 17.6 Å². The van der Waals surface area contributed by atoms with Gasteiger partial charge in [-0.3, -0.25) is 0 Å². The molecule has 0 atom stereocenters. The molecule has 11 heteroatoms. The first-order chi connectivity index (χ1) is 24.6. The smallest absolute Gasteiger partial charge is 0.387 e. The molecule has 4 aromatic carbocycles. The van der Waals surface area contributed by atoms with Gasteiger partial charge in [0.15, 0.2) is 0 Å². The monoisotopic (exact) mass is 752 g/mol. The van der Waals surface area contributed by atoms with E-state index in [4.69, 9.17) is 6.42 Å². The molecule has 2 aromatic heterocycles. The summed E-state index contributed by atoms with van der Waals surface area (Å²) in [5, 5.41) is 0. The van der Waals surface area contributed by atoms with Crippen LogP contribution < -0.4 is 9.47 Å². The first-order valence-electron chi connectivity index (χ1n) is 15.1. The Kier molecular flexibility index (Phi) is 14.2. The number of alkyl halides is 4. The van der Waals surface area contributed by atoms with Gasteiger partial charge in [0.25, 0.3) is 0 Å². The van der Waals surface area contributed by atoms with Crippen LogP contribution in [0, 0.1) is 38.0 Å². The lowest BCUT2D eigenvalue weighted by atomic mass is 10.1. The Labute approximate surface area is 301 Å². The van der Waals surface area contributed by atoms with E-state index in [2.05, 4.69) is 63.1 Å². The van der Waals surface area contributed by atoms with E-state index in [1.54, 1.807) is 62.9 Å². The van der Waals surface area contributed by atoms with Crippen LogP contribution in [0.4, 0.5) is 17.6 Å². The molecule has 0 aliphatic rings. The molecule has 6 nitrogen and oxygen atoms in total. The predicted octanol–water partition coefficient (Wildman–Crippen LogP) is 9.94. The fraction of sp³-hybridized carbons (Fsp3) is 0.100. The normalized spacial score (nSPS) is 10.0. The Hall–Kier alpha value is -6.04. The summed E-state index contributed by atoms with van der Waals surface area (Å²) in [7, 11) is 0. The first-order valence-corrected chi connectivity index (χ1v) is 15.9. The van der Waals surface area contributed by atoms with Crippen LogP contribution in [-0.2, 0) is 0 Å². The molecule has 256 valence electrons. The third-order valence-electron chi connectivity index (χ3n) is 6.77. The zero-order valence-electron chi connectivity index (χ0n) is 27.3. The zero-order valence-corrected chi connectivity index (χ0v) is 28.9. The first kappa shape index (κ1) is 37.8. The molecular formula is C40H29BrF4N4O2. The van der Waals surface area contributed by atoms with Crippen LogP contribution in [0.3, 0.4) is 0 Å². The highest BCUT2D eigenvalue weighted by Gasteiger charge is 2.08. The molecular weight excluding hydrogens is 724 g/mol. The number of halogens is 5. The number of aromatic nitrogens is 4. The number of hydrogen-bond donors (Lipinski definition) is 0. The minimum atomic E-state index is -2.83. The Morgan fingerprint density at radius 1 is 0.569 bits per heavy atom. The van der Waals surface area contributed by atoms with Crippen molar-refractivity contribution in [2.45, 2.75) is 27.1 Å². The number of terminal acetylenes is 1. The molecule has 0 radical (unpaired) electrons. The van der Waals surface area contributed by atoms with Gasteiger partial charge in [-0.05, 0) is 96.8 Å². The van der Waals surface area contributed by atoms with Gasteiger partial charge in [0, 0.05) is 57.1 Å². The van der Waals surface area contributed by atoms with Gasteiger partial charge in [0.05, 0.1) is 0 Å². The van der Waals surface area contributed by atoms with Gasteiger partial charge in [0.1, 0.15) is 24.2 Å². The highest BCUT2D eigenvalue weighted by molar-refractivity contribution is 9.10. The van der Waals surface area contributed by atoms with Crippen LogP contribution in [-0.4, -0.2) is 33.2 Å². The summed E-state index contributed by atoms with van der Waals surface area (Å²) in [5.74, 6) is 8.84. The number of ether oxygens (including phenoxy) is 2. The summed E-state index contributed by atoms with van der Waals surface area (Å²) in [6.07, 6.45) is 15.2. The summed E-state index contributed by atoms with van der Waals surface area (Å²) in [6, 6.07) is 25.3. The maximum atomic E-state index is 12.3.